The van der Waals surface area contributed by atoms with Crippen molar-refractivity contribution in [3.63, 3.8) is 0 Å². The Bertz CT molecular complexity index is 730. The first-order chi connectivity index (χ1) is 9.72. The molecule has 4 nitrogen and oxygen atoms in total. The van der Waals surface area contributed by atoms with Crippen LogP contribution in [0.1, 0.15) is 15.5 Å². The van der Waals surface area contributed by atoms with Crippen molar-refractivity contribution in [1.29, 1.82) is 0 Å². The number of rotatable bonds is 4. The number of Topliss-reactive ketones (excluding diaryl/α,β-unsaturated/α-hetero) is 1. The lowest BCUT2D eigenvalue weighted by atomic mass is 10.2. The van der Waals surface area contributed by atoms with Gasteiger partial charge in [-0.15, -0.1) is 11.3 Å². The second-order valence-corrected chi connectivity index (χ2v) is 5.46. The molecule has 0 saturated heterocycles. The largest absolute Gasteiger partial charge is 0.340 e. The van der Waals surface area contributed by atoms with Gasteiger partial charge in [0.2, 0.25) is 0 Å². The highest BCUT2D eigenvalue weighted by Crippen LogP contribution is 2.22. The molecule has 0 radical (unpaired) electrons. The van der Waals surface area contributed by atoms with Crippen LogP contribution >= 0.6 is 11.3 Å². The highest BCUT2D eigenvalue weighted by molar-refractivity contribution is 7.10. The number of hydrogen-bond acceptors (Lipinski definition) is 4. The average molecular weight is 283 g/mol. The van der Waals surface area contributed by atoms with Gasteiger partial charge in [0.1, 0.15) is 10.7 Å². The number of thiazole rings is 1. The number of carbonyl (C=O) groups excluding carboxylic acids is 1. The van der Waals surface area contributed by atoms with Crippen molar-refractivity contribution >= 4 is 17.1 Å². The number of nitrogens with zero attached hydrogens (tertiary/aromatic N) is 3. The second-order valence-electron chi connectivity index (χ2n) is 4.52. The van der Waals surface area contributed by atoms with E-state index in [2.05, 4.69) is 9.97 Å². The highest BCUT2D eigenvalue weighted by atomic mass is 32.1. The first-order valence-corrected chi connectivity index (χ1v) is 7.11. The maximum absolute atomic E-state index is 12.1. The molecule has 0 saturated carbocycles. The molecule has 0 aliphatic rings. The number of benzene rings is 1. The van der Waals surface area contributed by atoms with Crippen LogP contribution in [0.2, 0.25) is 0 Å². The highest BCUT2D eigenvalue weighted by Gasteiger charge is 2.13. The van der Waals surface area contributed by atoms with Crippen LogP contribution < -0.4 is 0 Å². The summed E-state index contributed by atoms with van der Waals surface area (Å²) in [6.07, 6.45) is 3.66. The summed E-state index contributed by atoms with van der Waals surface area (Å²) in [5.41, 5.74) is 2.48. The molecule has 3 rings (SSSR count). The second kappa shape index (κ2) is 5.38. The maximum atomic E-state index is 12.1. The van der Waals surface area contributed by atoms with Gasteiger partial charge < -0.3 is 4.57 Å². The summed E-state index contributed by atoms with van der Waals surface area (Å²) >= 11 is 1.51. The monoisotopic (exact) mass is 283 g/mol. The molecule has 5 heteroatoms. The summed E-state index contributed by atoms with van der Waals surface area (Å²) in [5, 5.41) is 2.80. The van der Waals surface area contributed by atoms with Gasteiger partial charge in [-0.3, -0.25) is 4.79 Å². The van der Waals surface area contributed by atoms with E-state index in [-0.39, 0.29) is 5.78 Å². The van der Waals surface area contributed by atoms with Crippen LogP contribution in [0, 0.1) is 0 Å². The topological polar surface area (TPSA) is 47.8 Å². The third kappa shape index (κ3) is 2.67. The van der Waals surface area contributed by atoms with Crippen LogP contribution in [-0.2, 0) is 13.5 Å². The molecule has 0 fully saturated rings. The Labute approximate surface area is 120 Å². The van der Waals surface area contributed by atoms with Gasteiger partial charge in [0, 0.05) is 24.2 Å². The van der Waals surface area contributed by atoms with Gasteiger partial charge in [-0.25, -0.2) is 9.97 Å². The Balaban J connectivity index is 1.76. The van der Waals surface area contributed by atoms with Gasteiger partial charge >= 0.3 is 0 Å². The molecular weight excluding hydrogens is 270 g/mol. The minimum atomic E-state index is -0.000406. The molecule has 0 aliphatic carbocycles. The van der Waals surface area contributed by atoms with Gasteiger partial charge in [0.15, 0.2) is 5.78 Å². The summed E-state index contributed by atoms with van der Waals surface area (Å²) in [5.74, 6) is -0.000406. The molecular formula is C15H13N3OS. The zero-order valence-corrected chi connectivity index (χ0v) is 11.8. The summed E-state index contributed by atoms with van der Waals surface area (Å²) in [6, 6.07) is 9.96. The van der Waals surface area contributed by atoms with Crippen molar-refractivity contribution in [2.24, 2.45) is 7.05 Å². The number of aromatic nitrogens is 3. The Morgan fingerprint density at radius 1 is 1.30 bits per heavy atom. The minimum Gasteiger partial charge on any atom is -0.340 e. The van der Waals surface area contributed by atoms with Crippen LogP contribution in [0.25, 0.3) is 11.3 Å². The first kappa shape index (κ1) is 12.7. The molecule has 3 aromatic rings. The molecule has 0 bridgehead atoms. The van der Waals surface area contributed by atoms with Crippen LogP contribution in [0.5, 0.6) is 0 Å². The van der Waals surface area contributed by atoms with Gasteiger partial charge in [-0.2, -0.15) is 0 Å². The molecule has 0 N–H and O–H groups in total. The Kier molecular flexibility index (Phi) is 3.43. The van der Waals surface area contributed by atoms with E-state index in [1.807, 2.05) is 42.8 Å². The van der Waals surface area contributed by atoms with Crippen LogP contribution in [0.15, 0.2) is 48.2 Å². The third-order valence-electron chi connectivity index (χ3n) is 2.92. The number of aryl methyl sites for hydroxylation is 1. The lowest BCUT2D eigenvalue weighted by Gasteiger charge is -1.95. The zero-order chi connectivity index (χ0) is 13.9. The van der Waals surface area contributed by atoms with Gasteiger partial charge in [0.25, 0.3) is 0 Å². The molecule has 0 aliphatic heterocycles. The fraction of sp³-hybridized carbons (Fsp3) is 0.133. The first-order valence-electron chi connectivity index (χ1n) is 6.23. The van der Waals surface area contributed by atoms with E-state index in [0.29, 0.717) is 12.1 Å². The lowest BCUT2D eigenvalue weighted by Crippen LogP contribution is -2.03. The lowest BCUT2D eigenvalue weighted by molar-refractivity contribution is 0.0988. The molecule has 20 heavy (non-hydrogen) atoms. The smallest absolute Gasteiger partial charge is 0.189 e. The van der Waals surface area contributed by atoms with E-state index in [1.165, 1.54) is 11.3 Å². The zero-order valence-electron chi connectivity index (χ0n) is 11.0. The van der Waals surface area contributed by atoms with Crippen molar-refractivity contribution in [3.05, 3.63) is 58.9 Å². The number of imidazole rings is 1. The quantitative estimate of drug-likeness (QED) is 0.692. The fourth-order valence-electron chi connectivity index (χ4n) is 1.92. The third-order valence-corrected chi connectivity index (χ3v) is 3.77. The molecule has 0 amide bonds. The fourth-order valence-corrected chi connectivity index (χ4v) is 2.72. The average Bonchev–Trinajstić information content (AvgIpc) is 3.09. The van der Waals surface area contributed by atoms with Gasteiger partial charge in [0.05, 0.1) is 18.4 Å². The van der Waals surface area contributed by atoms with Crippen molar-refractivity contribution in [3.8, 4) is 11.3 Å². The minimum absolute atomic E-state index is 0.000406. The van der Waals surface area contributed by atoms with E-state index < -0.39 is 0 Å². The van der Waals surface area contributed by atoms with Crippen LogP contribution in [0.4, 0.5) is 0 Å². The molecule has 0 spiro atoms. The van der Waals surface area contributed by atoms with Crippen molar-refractivity contribution in [2.75, 3.05) is 0 Å². The summed E-state index contributed by atoms with van der Waals surface area (Å²) < 4.78 is 1.77. The number of carbonyl (C=O) groups is 1. The van der Waals surface area contributed by atoms with E-state index in [9.17, 15) is 4.79 Å². The number of ketones is 1. The predicted octanol–water partition coefficient (Wildman–Crippen LogP) is 2.97. The Morgan fingerprint density at radius 2 is 2.10 bits per heavy atom. The molecule has 0 unspecified atom stereocenters. The molecule has 100 valence electrons. The van der Waals surface area contributed by atoms with Crippen LogP contribution in [-0.4, -0.2) is 20.3 Å². The van der Waals surface area contributed by atoms with E-state index >= 15 is 0 Å². The number of hydrogen-bond donors (Lipinski definition) is 0. The van der Waals surface area contributed by atoms with E-state index in [1.54, 1.807) is 17.1 Å². The summed E-state index contributed by atoms with van der Waals surface area (Å²) in [7, 11) is 1.85. The molecule has 1 aromatic carbocycles. The van der Waals surface area contributed by atoms with Gasteiger partial charge in [-0.05, 0) is 0 Å². The van der Waals surface area contributed by atoms with Gasteiger partial charge in [-0.1, -0.05) is 30.3 Å². The molecule has 2 heterocycles. The van der Waals surface area contributed by atoms with Crippen molar-refractivity contribution < 1.29 is 4.79 Å². The van der Waals surface area contributed by atoms with Crippen LogP contribution in [0.3, 0.4) is 0 Å². The summed E-state index contributed by atoms with van der Waals surface area (Å²) in [6.45, 7) is 0. The van der Waals surface area contributed by atoms with Crippen molar-refractivity contribution in [1.82, 2.24) is 14.5 Å². The van der Waals surface area contributed by atoms with E-state index in [4.69, 9.17) is 0 Å². The Morgan fingerprint density at radius 3 is 2.80 bits per heavy atom. The van der Waals surface area contributed by atoms with Crippen molar-refractivity contribution in [2.45, 2.75) is 6.42 Å². The predicted molar refractivity (Wildman–Crippen MR) is 78.8 cm³/mol. The molecule has 2 aromatic heterocycles. The molecule has 0 atom stereocenters. The van der Waals surface area contributed by atoms with E-state index in [0.717, 1.165) is 16.3 Å². The Hall–Kier alpha value is -2.27. The summed E-state index contributed by atoms with van der Waals surface area (Å²) in [4.78, 5) is 20.6. The standard InChI is InChI=1S/C15H13N3OS/c1-18-8-12(16-10-18)14(19)7-15-17-13(9-20-15)11-5-3-2-4-6-11/h2-6,8-10H,7H2,1H3. The maximum Gasteiger partial charge on any atom is 0.189 e. The normalized spacial score (nSPS) is 10.7. The SMILES string of the molecule is Cn1cnc(C(=O)Cc2nc(-c3ccccc3)cs2)c1.